The van der Waals surface area contributed by atoms with Crippen LogP contribution in [0.5, 0.6) is 0 Å². The summed E-state index contributed by atoms with van der Waals surface area (Å²) in [5, 5.41) is 7.14. The zero-order valence-corrected chi connectivity index (χ0v) is 28.7. The first kappa shape index (κ1) is 29.1. The maximum absolute atomic E-state index is 6.42. The summed E-state index contributed by atoms with van der Waals surface area (Å²) < 4.78 is 11.4. The first-order valence-corrected chi connectivity index (χ1v) is 18.3. The molecule has 0 aliphatic heterocycles. The van der Waals surface area contributed by atoms with Gasteiger partial charge < -0.3 is 13.9 Å². The van der Waals surface area contributed by atoms with Gasteiger partial charge in [0.2, 0.25) is 5.89 Å². The van der Waals surface area contributed by atoms with Crippen LogP contribution in [0.25, 0.3) is 81.0 Å². The maximum atomic E-state index is 6.42. The molecule has 5 heteroatoms. The Kier molecular flexibility index (Phi) is 6.39. The molecule has 0 amide bonds. The van der Waals surface area contributed by atoms with Crippen LogP contribution in [0.2, 0.25) is 0 Å². The van der Waals surface area contributed by atoms with E-state index in [2.05, 4.69) is 155 Å². The Morgan fingerprint density at radius 2 is 1.13 bits per heavy atom. The van der Waals surface area contributed by atoms with Gasteiger partial charge in [-0.1, -0.05) is 84.9 Å². The Balaban J connectivity index is 1.14. The number of oxazole rings is 1. The Morgan fingerprint density at radius 3 is 2.00 bits per heavy atom. The molecule has 52 heavy (non-hydrogen) atoms. The SMILES string of the molecule is c1ccc(-c2nc3ccc4cc(N(c5ccc6sc7ccccc7c6c5)c5ccc6c7ccccc7n(-c7ccccc7)c6c5)ccc4c3o2)cc1. The average Bonchev–Trinajstić information content (AvgIpc) is 3.91. The molecule has 0 fully saturated rings. The fourth-order valence-corrected chi connectivity index (χ4v) is 8.88. The van der Waals surface area contributed by atoms with Crippen molar-refractivity contribution >= 4 is 92.2 Å². The van der Waals surface area contributed by atoms with E-state index >= 15 is 0 Å². The number of rotatable bonds is 5. The first-order valence-electron chi connectivity index (χ1n) is 17.5. The van der Waals surface area contributed by atoms with Gasteiger partial charge in [-0.05, 0) is 96.4 Å². The smallest absolute Gasteiger partial charge is 0.227 e. The molecule has 0 unspecified atom stereocenters. The van der Waals surface area contributed by atoms with Gasteiger partial charge in [0, 0.05) is 64.6 Å². The molecule has 244 valence electrons. The van der Waals surface area contributed by atoms with Crippen LogP contribution in [0.1, 0.15) is 0 Å². The van der Waals surface area contributed by atoms with Crippen LogP contribution in [-0.2, 0) is 0 Å². The van der Waals surface area contributed by atoms with Gasteiger partial charge in [0.1, 0.15) is 5.52 Å². The van der Waals surface area contributed by atoms with Crippen LogP contribution in [0, 0.1) is 0 Å². The van der Waals surface area contributed by atoms with Gasteiger partial charge in [-0.2, -0.15) is 0 Å². The molecule has 0 atom stereocenters. The Labute approximate surface area is 303 Å². The summed E-state index contributed by atoms with van der Waals surface area (Å²) in [5.41, 5.74) is 9.36. The highest BCUT2D eigenvalue weighted by Gasteiger charge is 2.20. The van der Waals surface area contributed by atoms with E-state index in [9.17, 15) is 0 Å². The van der Waals surface area contributed by atoms with E-state index in [4.69, 9.17) is 9.40 Å². The number of thiophene rings is 1. The first-order chi connectivity index (χ1) is 25.8. The van der Waals surface area contributed by atoms with E-state index in [1.807, 2.05) is 41.7 Å². The largest absolute Gasteiger partial charge is 0.435 e. The highest BCUT2D eigenvalue weighted by molar-refractivity contribution is 7.25. The predicted octanol–water partition coefficient (Wildman–Crippen LogP) is 13.6. The predicted molar refractivity (Wildman–Crippen MR) is 219 cm³/mol. The standard InChI is InChI=1S/C47H29N3OS/c1-3-11-30(12-4-1)47-48-41-25-19-31-27-33(20-23-36(31)46(41)51-47)49(34-22-26-45-40(28-34)39-16-8-10-18-44(39)52-45)35-21-24-38-37-15-7-9-17-42(37)50(43(38)29-35)32-13-5-2-6-14-32/h1-29H. The minimum Gasteiger partial charge on any atom is -0.435 e. The topological polar surface area (TPSA) is 34.2 Å². The molecule has 4 nitrogen and oxygen atoms in total. The maximum Gasteiger partial charge on any atom is 0.227 e. The van der Waals surface area contributed by atoms with Crippen molar-refractivity contribution in [3.63, 3.8) is 0 Å². The summed E-state index contributed by atoms with van der Waals surface area (Å²) in [6.45, 7) is 0. The Hall–Kier alpha value is -6.69. The number of nitrogens with zero attached hydrogens (tertiary/aromatic N) is 3. The third kappa shape index (κ3) is 4.50. The van der Waals surface area contributed by atoms with Crippen molar-refractivity contribution < 1.29 is 4.42 Å². The van der Waals surface area contributed by atoms with Gasteiger partial charge in [0.15, 0.2) is 5.58 Å². The second-order valence-corrected chi connectivity index (χ2v) is 14.3. The molecule has 8 aromatic carbocycles. The zero-order valence-electron chi connectivity index (χ0n) is 27.9. The highest BCUT2D eigenvalue weighted by atomic mass is 32.1. The summed E-state index contributed by atoms with van der Waals surface area (Å²) in [5.74, 6) is 0.632. The van der Waals surface area contributed by atoms with Crippen LogP contribution in [0.15, 0.2) is 180 Å². The number of aromatic nitrogens is 2. The lowest BCUT2D eigenvalue weighted by atomic mass is 10.1. The number of fused-ring (bicyclic) bond motifs is 9. The lowest BCUT2D eigenvalue weighted by Crippen LogP contribution is -2.10. The van der Waals surface area contributed by atoms with Crippen LogP contribution in [0.4, 0.5) is 17.1 Å². The van der Waals surface area contributed by atoms with E-state index in [1.54, 1.807) is 0 Å². The molecule has 3 heterocycles. The summed E-state index contributed by atoms with van der Waals surface area (Å²) >= 11 is 1.84. The fourth-order valence-electron chi connectivity index (χ4n) is 7.80. The van der Waals surface area contributed by atoms with Crippen molar-refractivity contribution in [1.29, 1.82) is 0 Å². The molecule has 0 N–H and O–H groups in total. The molecule has 0 aliphatic carbocycles. The molecule has 0 saturated carbocycles. The van der Waals surface area contributed by atoms with Crippen molar-refractivity contribution in [2.24, 2.45) is 0 Å². The summed E-state index contributed by atoms with van der Waals surface area (Å²) in [4.78, 5) is 7.22. The van der Waals surface area contributed by atoms with Gasteiger partial charge in [-0.25, -0.2) is 4.98 Å². The third-order valence-corrected chi connectivity index (χ3v) is 11.3. The molecular formula is C47H29N3OS. The van der Waals surface area contributed by atoms with E-state index in [-0.39, 0.29) is 0 Å². The molecule has 3 aromatic heterocycles. The fraction of sp³-hybridized carbons (Fsp3) is 0. The molecule has 0 aliphatic rings. The Bertz CT molecular complexity index is 3140. The summed E-state index contributed by atoms with van der Waals surface area (Å²) in [6, 6.07) is 62.8. The average molecular weight is 684 g/mol. The van der Waals surface area contributed by atoms with Crippen molar-refractivity contribution in [3.05, 3.63) is 176 Å². The summed E-state index contributed by atoms with van der Waals surface area (Å²) in [6.07, 6.45) is 0. The second kappa shape index (κ2) is 11.4. The number of benzene rings is 8. The normalized spacial score (nSPS) is 11.8. The second-order valence-electron chi connectivity index (χ2n) is 13.2. The van der Waals surface area contributed by atoms with Gasteiger partial charge in [0.25, 0.3) is 0 Å². The van der Waals surface area contributed by atoms with Crippen molar-refractivity contribution in [2.45, 2.75) is 0 Å². The van der Waals surface area contributed by atoms with Gasteiger partial charge >= 0.3 is 0 Å². The van der Waals surface area contributed by atoms with Gasteiger partial charge in [-0.3, -0.25) is 0 Å². The number of hydrogen-bond acceptors (Lipinski definition) is 4. The molecule has 11 aromatic rings. The zero-order chi connectivity index (χ0) is 34.2. The quantitative estimate of drug-likeness (QED) is 0.181. The lowest BCUT2D eigenvalue weighted by Gasteiger charge is -2.26. The van der Waals surface area contributed by atoms with Crippen molar-refractivity contribution in [3.8, 4) is 17.1 Å². The molecule has 0 spiro atoms. The minimum atomic E-state index is 0.632. The molecular weight excluding hydrogens is 655 g/mol. The Morgan fingerprint density at radius 1 is 0.481 bits per heavy atom. The van der Waals surface area contributed by atoms with Crippen LogP contribution in [-0.4, -0.2) is 9.55 Å². The van der Waals surface area contributed by atoms with Gasteiger partial charge in [0.05, 0.1) is 11.0 Å². The summed E-state index contributed by atoms with van der Waals surface area (Å²) in [7, 11) is 0. The molecule has 0 saturated heterocycles. The third-order valence-electron chi connectivity index (χ3n) is 10.2. The van der Waals surface area contributed by atoms with Crippen LogP contribution < -0.4 is 4.90 Å². The van der Waals surface area contributed by atoms with E-state index in [0.717, 1.165) is 55.7 Å². The van der Waals surface area contributed by atoms with Crippen LogP contribution >= 0.6 is 11.3 Å². The number of hydrogen-bond donors (Lipinski definition) is 0. The molecule has 0 bridgehead atoms. The van der Waals surface area contributed by atoms with E-state index < -0.39 is 0 Å². The van der Waals surface area contributed by atoms with Crippen molar-refractivity contribution in [2.75, 3.05) is 4.90 Å². The lowest BCUT2D eigenvalue weighted by molar-refractivity contribution is 0.623. The van der Waals surface area contributed by atoms with Crippen LogP contribution in [0.3, 0.4) is 0 Å². The number of para-hydroxylation sites is 2. The molecule has 0 radical (unpaired) electrons. The molecule has 11 rings (SSSR count). The van der Waals surface area contributed by atoms with Gasteiger partial charge in [-0.15, -0.1) is 11.3 Å². The van der Waals surface area contributed by atoms with Crippen molar-refractivity contribution in [1.82, 2.24) is 9.55 Å². The number of anilines is 3. The van der Waals surface area contributed by atoms with E-state index in [0.29, 0.717) is 5.89 Å². The monoisotopic (exact) mass is 683 g/mol. The highest BCUT2D eigenvalue weighted by Crippen LogP contribution is 2.44. The minimum absolute atomic E-state index is 0.632. The van der Waals surface area contributed by atoms with E-state index in [1.165, 1.54) is 36.5 Å².